The van der Waals surface area contributed by atoms with E-state index in [1.54, 1.807) is 0 Å². The molecule has 0 aliphatic heterocycles. The Bertz CT molecular complexity index is 408. The van der Waals surface area contributed by atoms with Crippen molar-refractivity contribution >= 4 is 26.6 Å². The molecule has 0 aliphatic carbocycles. The van der Waals surface area contributed by atoms with Crippen LogP contribution in [0, 0.1) is 10.1 Å². The standard InChI is InChI=1S/C4H2FNO4S2/c5-12(9,10)4-2-1-3(11-4)6(7)8/h1-2H. The molecule has 0 fully saturated rings. The van der Waals surface area contributed by atoms with Gasteiger partial charge in [0.05, 0.1) is 4.92 Å². The highest BCUT2D eigenvalue weighted by molar-refractivity contribution is 7.88. The predicted octanol–water partition coefficient (Wildman–Crippen LogP) is 1.31. The second kappa shape index (κ2) is 2.79. The fourth-order valence-corrected chi connectivity index (χ4v) is 1.98. The third kappa shape index (κ3) is 1.77. The molecule has 0 N–H and O–H groups in total. The van der Waals surface area contributed by atoms with E-state index < -0.39 is 24.4 Å². The zero-order valence-corrected chi connectivity index (χ0v) is 7.06. The summed E-state index contributed by atoms with van der Waals surface area (Å²) in [7, 11) is -4.80. The fourth-order valence-electron chi connectivity index (χ4n) is 0.540. The molecule has 0 amide bonds. The van der Waals surface area contributed by atoms with E-state index in [0.29, 0.717) is 0 Å². The highest BCUT2D eigenvalue weighted by atomic mass is 32.3. The Labute approximate surface area is 70.8 Å². The number of nitro groups is 1. The van der Waals surface area contributed by atoms with Gasteiger partial charge < -0.3 is 0 Å². The molecule has 8 heteroatoms. The molecule has 66 valence electrons. The average Bonchev–Trinajstić information content (AvgIpc) is 2.30. The van der Waals surface area contributed by atoms with Crippen LogP contribution in [-0.2, 0) is 10.2 Å². The van der Waals surface area contributed by atoms with Crippen molar-refractivity contribution in [3.05, 3.63) is 22.2 Å². The van der Waals surface area contributed by atoms with Crippen molar-refractivity contribution in [2.45, 2.75) is 4.21 Å². The smallest absolute Gasteiger partial charge is 0.258 e. The molecule has 12 heavy (non-hydrogen) atoms. The van der Waals surface area contributed by atoms with Crippen LogP contribution in [0.15, 0.2) is 16.3 Å². The normalized spacial score (nSPS) is 11.4. The molecule has 0 spiro atoms. The molecule has 1 rings (SSSR count). The monoisotopic (exact) mass is 211 g/mol. The van der Waals surface area contributed by atoms with Crippen LogP contribution in [0.2, 0.25) is 0 Å². The summed E-state index contributed by atoms with van der Waals surface area (Å²) in [5, 5.41) is 9.64. The van der Waals surface area contributed by atoms with Gasteiger partial charge in [-0.3, -0.25) is 10.1 Å². The summed E-state index contributed by atoms with van der Waals surface area (Å²) in [5.74, 6) is 0. The second-order valence-corrected chi connectivity index (χ2v) is 4.42. The summed E-state index contributed by atoms with van der Waals surface area (Å²) in [6.45, 7) is 0. The van der Waals surface area contributed by atoms with Crippen molar-refractivity contribution in [2.75, 3.05) is 0 Å². The van der Waals surface area contributed by atoms with Gasteiger partial charge in [0, 0.05) is 6.07 Å². The Morgan fingerprint density at radius 2 is 2.08 bits per heavy atom. The lowest BCUT2D eigenvalue weighted by Gasteiger charge is -1.82. The van der Waals surface area contributed by atoms with Crippen LogP contribution in [0.1, 0.15) is 0 Å². The van der Waals surface area contributed by atoms with Crippen LogP contribution in [0.25, 0.3) is 0 Å². The van der Waals surface area contributed by atoms with Gasteiger partial charge in [-0.05, 0) is 17.4 Å². The van der Waals surface area contributed by atoms with Crippen LogP contribution in [0.3, 0.4) is 0 Å². The highest BCUT2D eigenvalue weighted by Crippen LogP contribution is 2.28. The first-order valence-electron chi connectivity index (χ1n) is 2.60. The van der Waals surface area contributed by atoms with Crippen molar-refractivity contribution in [1.82, 2.24) is 0 Å². The van der Waals surface area contributed by atoms with Gasteiger partial charge in [0.1, 0.15) is 0 Å². The number of hydrogen-bond donors (Lipinski definition) is 0. The number of nitrogens with zero attached hydrogens (tertiary/aromatic N) is 1. The molecule has 0 atom stereocenters. The molecule has 0 aromatic carbocycles. The largest absolute Gasteiger partial charge is 0.341 e. The van der Waals surface area contributed by atoms with E-state index in [1.165, 1.54) is 0 Å². The van der Waals surface area contributed by atoms with Crippen LogP contribution in [0.5, 0.6) is 0 Å². The lowest BCUT2D eigenvalue weighted by Crippen LogP contribution is -1.85. The van der Waals surface area contributed by atoms with Gasteiger partial charge in [-0.1, -0.05) is 3.89 Å². The Morgan fingerprint density at radius 1 is 1.50 bits per heavy atom. The van der Waals surface area contributed by atoms with Crippen molar-refractivity contribution < 1.29 is 17.2 Å². The summed E-state index contributed by atoms with van der Waals surface area (Å²) in [6.07, 6.45) is 0. The SMILES string of the molecule is O=[N+]([O-])c1ccc(S(=O)(=O)F)s1. The molecule has 1 aromatic rings. The first-order chi connectivity index (χ1) is 5.41. The summed E-state index contributed by atoms with van der Waals surface area (Å²) in [6, 6.07) is 1.80. The Morgan fingerprint density at radius 3 is 2.33 bits per heavy atom. The van der Waals surface area contributed by atoms with Gasteiger partial charge in [0.15, 0.2) is 4.21 Å². The van der Waals surface area contributed by atoms with Crippen molar-refractivity contribution in [3.63, 3.8) is 0 Å². The van der Waals surface area contributed by atoms with E-state index >= 15 is 0 Å². The number of hydrogen-bond acceptors (Lipinski definition) is 5. The van der Waals surface area contributed by atoms with Gasteiger partial charge in [0.2, 0.25) is 0 Å². The predicted molar refractivity (Wildman–Crippen MR) is 39.3 cm³/mol. The van der Waals surface area contributed by atoms with E-state index in [9.17, 15) is 22.4 Å². The van der Waals surface area contributed by atoms with E-state index in [-0.39, 0.29) is 11.3 Å². The van der Waals surface area contributed by atoms with Gasteiger partial charge in [0.25, 0.3) is 0 Å². The summed E-state index contributed by atoms with van der Waals surface area (Å²) in [5.41, 5.74) is 0. The van der Waals surface area contributed by atoms with Gasteiger partial charge in [-0.2, -0.15) is 8.42 Å². The summed E-state index contributed by atoms with van der Waals surface area (Å²) >= 11 is 0.286. The zero-order chi connectivity index (χ0) is 9.35. The fraction of sp³-hybridized carbons (Fsp3) is 0. The molecule has 1 heterocycles. The van der Waals surface area contributed by atoms with Gasteiger partial charge >= 0.3 is 15.2 Å². The second-order valence-electron chi connectivity index (χ2n) is 1.79. The molecular weight excluding hydrogens is 209 g/mol. The lowest BCUT2D eigenvalue weighted by molar-refractivity contribution is -0.380. The van der Waals surface area contributed by atoms with Crippen molar-refractivity contribution in [3.8, 4) is 0 Å². The Hall–Kier alpha value is -1.02. The van der Waals surface area contributed by atoms with E-state index in [2.05, 4.69) is 0 Å². The summed E-state index contributed by atoms with van der Waals surface area (Å²) < 4.78 is 31.9. The molecule has 0 bridgehead atoms. The molecule has 1 aromatic heterocycles. The first kappa shape index (κ1) is 9.07. The maximum atomic E-state index is 12.2. The van der Waals surface area contributed by atoms with Crippen LogP contribution in [0.4, 0.5) is 8.89 Å². The third-order valence-electron chi connectivity index (χ3n) is 0.987. The van der Waals surface area contributed by atoms with E-state index in [4.69, 9.17) is 0 Å². The van der Waals surface area contributed by atoms with Crippen LogP contribution >= 0.6 is 11.3 Å². The van der Waals surface area contributed by atoms with E-state index in [0.717, 1.165) is 12.1 Å². The quantitative estimate of drug-likeness (QED) is 0.420. The minimum Gasteiger partial charge on any atom is -0.258 e. The molecule has 0 saturated carbocycles. The van der Waals surface area contributed by atoms with Gasteiger partial charge in [-0.25, -0.2) is 0 Å². The number of halogens is 1. The molecule has 0 radical (unpaired) electrons. The molecule has 0 aliphatic rings. The number of rotatable bonds is 2. The molecular formula is C4H2FNO4S2. The minimum absolute atomic E-state index is 0.286. The van der Waals surface area contributed by atoms with E-state index in [1.807, 2.05) is 0 Å². The summed E-state index contributed by atoms with van der Waals surface area (Å²) in [4.78, 5) is 9.26. The average molecular weight is 211 g/mol. The maximum Gasteiger partial charge on any atom is 0.341 e. The number of thiophene rings is 1. The third-order valence-corrected chi connectivity index (χ3v) is 3.28. The first-order valence-corrected chi connectivity index (χ1v) is 4.80. The minimum atomic E-state index is -4.80. The molecule has 0 saturated heterocycles. The zero-order valence-electron chi connectivity index (χ0n) is 5.43. The lowest BCUT2D eigenvalue weighted by atomic mass is 10.6. The molecule has 0 unspecified atom stereocenters. The van der Waals surface area contributed by atoms with Crippen molar-refractivity contribution in [2.24, 2.45) is 0 Å². The Balaban J connectivity index is 3.17. The van der Waals surface area contributed by atoms with Gasteiger partial charge in [-0.15, -0.1) is 0 Å². The van der Waals surface area contributed by atoms with Crippen LogP contribution in [-0.4, -0.2) is 13.3 Å². The Kier molecular flexibility index (Phi) is 2.11. The molecule has 5 nitrogen and oxygen atoms in total. The highest BCUT2D eigenvalue weighted by Gasteiger charge is 2.19. The van der Waals surface area contributed by atoms with Crippen LogP contribution < -0.4 is 0 Å². The maximum absolute atomic E-state index is 12.2. The topological polar surface area (TPSA) is 77.3 Å². The van der Waals surface area contributed by atoms with Crippen molar-refractivity contribution in [1.29, 1.82) is 0 Å².